The molecule has 0 atom stereocenters. The van der Waals surface area contributed by atoms with Crippen LogP contribution in [0, 0.1) is 0 Å². The van der Waals surface area contributed by atoms with E-state index in [-0.39, 0.29) is 11.3 Å². The molecule has 1 fully saturated rings. The summed E-state index contributed by atoms with van der Waals surface area (Å²) in [7, 11) is 3.05. The van der Waals surface area contributed by atoms with E-state index in [1.165, 1.54) is 33.5 Å². The molecule has 0 spiro atoms. The van der Waals surface area contributed by atoms with Crippen LogP contribution in [-0.2, 0) is 6.54 Å². The van der Waals surface area contributed by atoms with Crippen LogP contribution in [0.1, 0.15) is 45.6 Å². The number of aromatic hydroxyl groups is 1. The number of hydrogen-bond acceptors (Lipinski definition) is 5. The second-order valence-corrected chi connectivity index (χ2v) is 7.76. The lowest BCUT2D eigenvalue weighted by Crippen LogP contribution is -2.54. The van der Waals surface area contributed by atoms with Crippen LogP contribution in [0.4, 0.5) is 0 Å². The van der Waals surface area contributed by atoms with Gasteiger partial charge in [0, 0.05) is 18.6 Å². The second kappa shape index (κ2) is 10.4. The molecule has 0 aliphatic carbocycles. The summed E-state index contributed by atoms with van der Waals surface area (Å²) in [5.74, 6) is 1.55. The Morgan fingerprint density at radius 3 is 2.25 bits per heavy atom. The van der Waals surface area contributed by atoms with Crippen molar-refractivity contribution in [2.24, 2.45) is 4.99 Å². The van der Waals surface area contributed by atoms with Gasteiger partial charge in [0.2, 0.25) is 5.75 Å². The van der Waals surface area contributed by atoms with E-state index >= 15 is 0 Å². The molecule has 0 bridgehead atoms. The zero-order valence-electron chi connectivity index (χ0n) is 18.0. The molecule has 158 valence electrons. The third kappa shape index (κ3) is 5.92. The number of likely N-dealkylation sites (tertiary alicyclic amines) is 1. The van der Waals surface area contributed by atoms with Gasteiger partial charge < -0.3 is 25.2 Å². The maximum atomic E-state index is 10.1. The molecule has 7 nitrogen and oxygen atoms in total. The van der Waals surface area contributed by atoms with Crippen molar-refractivity contribution in [3.63, 3.8) is 0 Å². The summed E-state index contributed by atoms with van der Waals surface area (Å²) in [5.41, 5.74) is 0.973. The van der Waals surface area contributed by atoms with Crippen molar-refractivity contribution in [1.29, 1.82) is 0 Å². The zero-order valence-corrected chi connectivity index (χ0v) is 18.0. The minimum atomic E-state index is 0.00559. The van der Waals surface area contributed by atoms with Gasteiger partial charge in [0.15, 0.2) is 17.5 Å². The lowest BCUT2D eigenvalue weighted by Gasteiger charge is -2.41. The summed E-state index contributed by atoms with van der Waals surface area (Å²) in [4.78, 5) is 7.25. The Morgan fingerprint density at radius 2 is 1.71 bits per heavy atom. The average Bonchev–Trinajstić information content (AvgIpc) is 2.71. The minimum absolute atomic E-state index is 0.00559. The Morgan fingerprint density at radius 1 is 1.11 bits per heavy atom. The van der Waals surface area contributed by atoms with Gasteiger partial charge in [-0.3, -0.25) is 4.90 Å². The topological polar surface area (TPSA) is 78.4 Å². The Hall–Kier alpha value is -2.15. The first-order valence-electron chi connectivity index (χ1n) is 10.1. The standard InChI is InChI=1S/C21H36N4O3/c1-6-22-20(24-15-21(2,3)25-10-8-7-9-11-25)23-14-16-12-17(27-4)19(26)18(13-16)28-5/h12-13,26H,6-11,14-15H2,1-5H3,(H2,22,23,24). The van der Waals surface area contributed by atoms with Crippen LogP contribution < -0.4 is 20.1 Å². The van der Waals surface area contributed by atoms with Gasteiger partial charge in [-0.25, -0.2) is 4.99 Å². The van der Waals surface area contributed by atoms with Gasteiger partial charge in [-0.2, -0.15) is 0 Å². The molecule has 1 saturated heterocycles. The lowest BCUT2D eigenvalue weighted by molar-refractivity contribution is 0.0982. The molecule has 0 radical (unpaired) electrons. The molecule has 3 N–H and O–H groups in total. The fraction of sp³-hybridized carbons (Fsp3) is 0.667. The second-order valence-electron chi connectivity index (χ2n) is 7.76. The van der Waals surface area contributed by atoms with Gasteiger partial charge in [0.05, 0.1) is 20.8 Å². The van der Waals surface area contributed by atoms with Crippen molar-refractivity contribution in [1.82, 2.24) is 15.5 Å². The van der Waals surface area contributed by atoms with E-state index in [2.05, 4.69) is 36.3 Å². The lowest BCUT2D eigenvalue weighted by atomic mass is 9.98. The summed E-state index contributed by atoms with van der Waals surface area (Å²) in [6, 6.07) is 3.56. The summed E-state index contributed by atoms with van der Waals surface area (Å²) in [5, 5.41) is 16.8. The average molecular weight is 393 g/mol. The highest BCUT2D eigenvalue weighted by Gasteiger charge is 2.27. The van der Waals surface area contributed by atoms with Gasteiger partial charge >= 0.3 is 0 Å². The monoisotopic (exact) mass is 392 g/mol. The van der Waals surface area contributed by atoms with Crippen molar-refractivity contribution >= 4 is 5.96 Å². The highest BCUT2D eigenvalue weighted by atomic mass is 16.5. The van der Waals surface area contributed by atoms with E-state index in [4.69, 9.17) is 14.5 Å². The number of methoxy groups -OCH3 is 2. The summed E-state index contributed by atoms with van der Waals surface area (Å²) in [6.45, 7) is 11.0. The SMILES string of the molecule is CCNC(=NCc1cc(OC)c(O)c(OC)c1)NCC(C)(C)N1CCCCC1. The van der Waals surface area contributed by atoms with Gasteiger partial charge in [0.1, 0.15) is 0 Å². The predicted octanol–water partition coefficient (Wildman–Crippen LogP) is 2.73. The highest BCUT2D eigenvalue weighted by Crippen LogP contribution is 2.37. The van der Waals surface area contributed by atoms with Crippen LogP contribution in [0.25, 0.3) is 0 Å². The fourth-order valence-corrected chi connectivity index (χ4v) is 3.46. The van der Waals surface area contributed by atoms with Gasteiger partial charge in [-0.15, -0.1) is 0 Å². The van der Waals surface area contributed by atoms with Crippen molar-refractivity contribution in [2.45, 2.75) is 52.1 Å². The van der Waals surface area contributed by atoms with E-state index in [1.807, 2.05) is 0 Å². The minimum Gasteiger partial charge on any atom is -0.502 e. The molecule has 2 rings (SSSR count). The first-order chi connectivity index (χ1) is 13.4. The van der Waals surface area contributed by atoms with E-state index in [0.29, 0.717) is 18.0 Å². The van der Waals surface area contributed by atoms with E-state index in [0.717, 1.165) is 37.7 Å². The quantitative estimate of drug-likeness (QED) is 0.466. The Labute approximate surface area is 169 Å². The van der Waals surface area contributed by atoms with Crippen molar-refractivity contribution < 1.29 is 14.6 Å². The molecule has 1 aliphatic heterocycles. The number of piperidine rings is 1. The van der Waals surface area contributed by atoms with Crippen LogP contribution in [0.15, 0.2) is 17.1 Å². The van der Waals surface area contributed by atoms with Gasteiger partial charge in [0.25, 0.3) is 0 Å². The van der Waals surface area contributed by atoms with E-state index in [9.17, 15) is 5.11 Å². The zero-order chi connectivity index (χ0) is 20.6. The van der Waals surface area contributed by atoms with Crippen molar-refractivity contribution in [3.05, 3.63) is 17.7 Å². The maximum absolute atomic E-state index is 10.1. The smallest absolute Gasteiger partial charge is 0.200 e. The number of phenolic OH excluding ortho intramolecular Hbond substituents is 1. The normalized spacial score (nSPS) is 16.0. The molecular formula is C21H36N4O3. The highest BCUT2D eigenvalue weighted by molar-refractivity contribution is 5.79. The number of rotatable bonds is 8. The summed E-state index contributed by atoms with van der Waals surface area (Å²) >= 11 is 0. The number of hydrogen-bond donors (Lipinski definition) is 3. The summed E-state index contributed by atoms with van der Waals surface area (Å²) < 4.78 is 10.5. The van der Waals surface area contributed by atoms with Crippen LogP contribution in [0.3, 0.4) is 0 Å². The third-order valence-corrected chi connectivity index (χ3v) is 5.20. The molecule has 0 aromatic heterocycles. The molecular weight excluding hydrogens is 356 g/mol. The molecule has 0 unspecified atom stereocenters. The molecule has 1 aromatic carbocycles. The molecule has 1 aromatic rings. The van der Waals surface area contributed by atoms with E-state index < -0.39 is 0 Å². The van der Waals surface area contributed by atoms with Gasteiger partial charge in [-0.05, 0) is 64.4 Å². The molecule has 0 saturated carbocycles. The van der Waals surface area contributed by atoms with Crippen LogP contribution in [-0.4, -0.2) is 61.9 Å². The fourth-order valence-electron chi connectivity index (χ4n) is 3.46. The Balaban J connectivity index is 2.05. The van der Waals surface area contributed by atoms with Gasteiger partial charge in [-0.1, -0.05) is 6.42 Å². The molecule has 28 heavy (non-hydrogen) atoms. The first-order valence-corrected chi connectivity index (χ1v) is 10.1. The third-order valence-electron chi connectivity index (χ3n) is 5.20. The number of phenols is 1. The molecule has 0 amide bonds. The van der Waals surface area contributed by atoms with E-state index in [1.54, 1.807) is 12.1 Å². The number of ether oxygens (including phenoxy) is 2. The largest absolute Gasteiger partial charge is 0.502 e. The Kier molecular flexibility index (Phi) is 8.23. The molecule has 1 heterocycles. The van der Waals surface area contributed by atoms with Crippen LogP contribution >= 0.6 is 0 Å². The number of guanidine groups is 1. The Bertz CT molecular complexity index is 630. The first kappa shape index (κ1) is 22.1. The summed E-state index contributed by atoms with van der Waals surface area (Å²) in [6.07, 6.45) is 3.90. The van der Waals surface area contributed by atoms with Crippen LogP contribution in [0.5, 0.6) is 17.2 Å². The van der Waals surface area contributed by atoms with Crippen molar-refractivity contribution in [2.75, 3.05) is 40.4 Å². The number of nitrogens with zero attached hydrogens (tertiary/aromatic N) is 2. The molecule has 7 heteroatoms. The maximum Gasteiger partial charge on any atom is 0.200 e. The molecule has 1 aliphatic rings. The number of aliphatic imine (C=N–C) groups is 1. The number of nitrogens with one attached hydrogen (secondary N) is 2. The number of benzene rings is 1. The van der Waals surface area contributed by atoms with Crippen LogP contribution in [0.2, 0.25) is 0 Å². The predicted molar refractivity (Wildman–Crippen MR) is 114 cm³/mol. The van der Waals surface area contributed by atoms with Crippen molar-refractivity contribution in [3.8, 4) is 17.2 Å².